The summed E-state index contributed by atoms with van der Waals surface area (Å²) in [5.74, 6) is -0.944. The summed E-state index contributed by atoms with van der Waals surface area (Å²) < 4.78 is 32.8. The molecule has 3 N–H and O–H groups in total. The molecule has 0 aliphatic rings. The molecule has 61 heavy (non-hydrogen) atoms. The standard InChI is InChI=1S/C50H89O10P/c1-3-5-7-9-11-13-15-17-19-21-23-25-27-29-31-33-35-37-39-41-49(53)57-45-48(46-59-61(55,56)58-44-47(52)43-51)60-50(54)42-40-38-36-34-32-30-28-26-24-22-20-18-16-14-12-10-8-6-4-2/h11-14,17-20,24,26,47-48,51-52H,3-10,15-16,21-23,25,27-46H2,1-2H3,(H,55,56)/b13-11-,14-12-,19-17-,20-18-,26-24-. The van der Waals surface area contributed by atoms with Crippen LogP contribution in [0.4, 0.5) is 0 Å². The second-order valence-corrected chi connectivity index (χ2v) is 17.6. The second kappa shape index (κ2) is 45.7. The van der Waals surface area contributed by atoms with Crippen molar-refractivity contribution in [2.45, 2.75) is 219 Å². The molecule has 0 radical (unpaired) electrons. The first-order chi connectivity index (χ1) is 29.7. The Hall–Kier alpha value is -2.33. The molecule has 0 heterocycles. The zero-order valence-corrected chi connectivity index (χ0v) is 39.5. The highest BCUT2D eigenvalue weighted by atomic mass is 31.2. The summed E-state index contributed by atoms with van der Waals surface area (Å²) in [6, 6.07) is 0. The lowest BCUT2D eigenvalue weighted by molar-refractivity contribution is -0.161. The van der Waals surface area contributed by atoms with Crippen molar-refractivity contribution in [1.82, 2.24) is 0 Å². The fraction of sp³-hybridized carbons (Fsp3) is 0.760. The maximum atomic E-state index is 12.7. The van der Waals surface area contributed by atoms with Crippen LogP contribution in [-0.4, -0.2) is 65.7 Å². The summed E-state index contributed by atoms with van der Waals surface area (Å²) in [5.41, 5.74) is 0. The van der Waals surface area contributed by atoms with E-state index in [4.69, 9.17) is 23.6 Å². The van der Waals surface area contributed by atoms with Crippen LogP contribution in [0.2, 0.25) is 0 Å². The minimum Gasteiger partial charge on any atom is -0.462 e. The van der Waals surface area contributed by atoms with Crippen LogP contribution < -0.4 is 0 Å². The summed E-state index contributed by atoms with van der Waals surface area (Å²) in [6.07, 6.45) is 51.7. The molecule has 0 amide bonds. The molecule has 0 bridgehead atoms. The van der Waals surface area contributed by atoms with E-state index in [0.717, 1.165) is 83.5 Å². The molecule has 0 aromatic carbocycles. The van der Waals surface area contributed by atoms with Crippen molar-refractivity contribution < 1.29 is 47.8 Å². The predicted molar refractivity (Wildman–Crippen MR) is 251 cm³/mol. The van der Waals surface area contributed by atoms with E-state index in [1.807, 2.05) is 0 Å². The van der Waals surface area contributed by atoms with Crippen molar-refractivity contribution in [2.24, 2.45) is 0 Å². The van der Waals surface area contributed by atoms with E-state index in [0.29, 0.717) is 12.8 Å². The third-order valence-corrected chi connectivity index (χ3v) is 11.1. The number of allylic oxidation sites excluding steroid dienone is 10. The van der Waals surface area contributed by atoms with Gasteiger partial charge in [-0.15, -0.1) is 0 Å². The molecule has 0 aromatic rings. The number of phosphoric acid groups is 1. The van der Waals surface area contributed by atoms with Crippen LogP contribution in [0.25, 0.3) is 0 Å². The average molecular weight is 881 g/mol. The molecule has 0 aliphatic carbocycles. The van der Waals surface area contributed by atoms with Crippen molar-refractivity contribution in [3.8, 4) is 0 Å². The van der Waals surface area contributed by atoms with Gasteiger partial charge in [-0.2, -0.15) is 0 Å². The van der Waals surface area contributed by atoms with Gasteiger partial charge < -0.3 is 24.6 Å². The molecule has 3 unspecified atom stereocenters. The number of hydrogen-bond donors (Lipinski definition) is 3. The molecule has 0 rings (SSSR count). The van der Waals surface area contributed by atoms with Gasteiger partial charge in [0, 0.05) is 12.8 Å². The molecule has 0 saturated carbocycles. The van der Waals surface area contributed by atoms with Gasteiger partial charge in [0.25, 0.3) is 0 Å². The van der Waals surface area contributed by atoms with Gasteiger partial charge in [0.05, 0.1) is 19.8 Å². The van der Waals surface area contributed by atoms with Gasteiger partial charge in [-0.05, 0) is 83.5 Å². The van der Waals surface area contributed by atoms with Gasteiger partial charge in [-0.25, -0.2) is 4.57 Å². The first-order valence-corrected chi connectivity index (χ1v) is 25.7. The van der Waals surface area contributed by atoms with Gasteiger partial charge in [0.1, 0.15) is 12.7 Å². The number of carbonyl (C=O) groups excluding carboxylic acids is 2. The Labute approximate surface area is 372 Å². The highest BCUT2D eigenvalue weighted by Crippen LogP contribution is 2.43. The predicted octanol–water partition coefficient (Wildman–Crippen LogP) is 13.5. The number of phosphoric ester groups is 1. The largest absolute Gasteiger partial charge is 0.472 e. The van der Waals surface area contributed by atoms with Crippen LogP contribution in [0.15, 0.2) is 60.8 Å². The van der Waals surface area contributed by atoms with E-state index in [-0.39, 0.29) is 19.4 Å². The van der Waals surface area contributed by atoms with Crippen LogP contribution in [0.5, 0.6) is 0 Å². The van der Waals surface area contributed by atoms with E-state index in [9.17, 15) is 24.2 Å². The van der Waals surface area contributed by atoms with Gasteiger partial charge in [-0.3, -0.25) is 18.6 Å². The monoisotopic (exact) mass is 881 g/mol. The molecular formula is C50H89O10P. The van der Waals surface area contributed by atoms with Crippen LogP contribution in [-0.2, 0) is 32.7 Å². The van der Waals surface area contributed by atoms with Crippen LogP contribution in [0.1, 0.15) is 206 Å². The van der Waals surface area contributed by atoms with Crippen molar-refractivity contribution in [3.63, 3.8) is 0 Å². The number of rotatable bonds is 45. The Balaban J connectivity index is 4.26. The number of ether oxygens (including phenoxy) is 2. The van der Waals surface area contributed by atoms with E-state index >= 15 is 0 Å². The lowest BCUT2D eigenvalue weighted by Crippen LogP contribution is -2.29. The van der Waals surface area contributed by atoms with E-state index < -0.39 is 51.8 Å². The van der Waals surface area contributed by atoms with Gasteiger partial charge in [0.2, 0.25) is 0 Å². The molecule has 0 saturated heterocycles. The molecule has 3 atom stereocenters. The minimum atomic E-state index is -4.63. The van der Waals surface area contributed by atoms with Crippen molar-refractivity contribution in [1.29, 1.82) is 0 Å². The molecule has 11 heteroatoms. The van der Waals surface area contributed by atoms with Gasteiger partial charge >= 0.3 is 19.8 Å². The Morgan fingerprint density at radius 1 is 0.492 bits per heavy atom. The molecule has 10 nitrogen and oxygen atoms in total. The Kier molecular flexibility index (Phi) is 43.9. The van der Waals surface area contributed by atoms with Crippen LogP contribution in [0.3, 0.4) is 0 Å². The Bertz CT molecular complexity index is 1200. The second-order valence-electron chi connectivity index (χ2n) is 16.1. The lowest BCUT2D eigenvalue weighted by Gasteiger charge is -2.20. The number of hydrogen-bond acceptors (Lipinski definition) is 9. The zero-order valence-electron chi connectivity index (χ0n) is 38.6. The fourth-order valence-electron chi connectivity index (χ4n) is 6.38. The molecule has 0 fully saturated rings. The smallest absolute Gasteiger partial charge is 0.462 e. The van der Waals surface area contributed by atoms with E-state index in [1.165, 1.54) is 83.5 Å². The van der Waals surface area contributed by atoms with Crippen LogP contribution >= 0.6 is 7.82 Å². The number of aliphatic hydroxyl groups excluding tert-OH is 2. The topological polar surface area (TPSA) is 149 Å². The molecular weight excluding hydrogens is 792 g/mol. The maximum absolute atomic E-state index is 12.7. The highest BCUT2D eigenvalue weighted by molar-refractivity contribution is 7.47. The van der Waals surface area contributed by atoms with E-state index in [1.54, 1.807) is 0 Å². The minimum absolute atomic E-state index is 0.167. The molecule has 354 valence electrons. The quantitative estimate of drug-likeness (QED) is 0.0233. The first kappa shape index (κ1) is 58.7. The number of carbonyl (C=O) groups is 2. The summed E-state index contributed by atoms with van der Waals surface area (Å²) in [4.78, 5) is 35.1. The Morgan fingerprint density at radius 2 is 0.852 bits per heavy atom. The summed E-state index contributed by atoms with van der Waals surface area (Å²) in [7, 11) is -4.63. The number of aliphatic hydroxyl groups is 2. The normalized spacial score (nSPS) is 14.2. The van der Waals surface area contributed by atoms with Gasteiger partial charge in [-0.1, -0.05) is 171 Å². The van der Waals surface area contributed by atoms with Crippen molar-refractivity contribution in [3.05, 3.63) is 60.8 Å². The van der Waals surface area contributed by atoms with E-state index in [2.05, 4.69) is 74.6 Å². The summed E-state index contributed by atoms with van der Waals surface area (Å²) in [6.45, 7) is 2.32. The fourth-order valence-corrected chi connectivity index (χ4v) is 7.17. The molecule has 0 spiro atoms. The first-order valence-electron chi connectivity index (χ1n) is 24.2. The van der Waals surface area contributed by atoms with Crippen molar-refractivity contribution in [2.75, 3.05) is 26.4 Å². The van der Waals surface area contributed by atoms with Crippen molar-refractivity contribution >= 4 is 19.8 Å². The Morgan fingerprint density at radius 3 is 1.28 bits per heavy atom. The maximum Gasteiger partial charge on any atom is 0.472 e. The highest BCUT2D eigenvalue weighted by Gasteiger charge is 2.27. The summed E-state index contributed by atoms with van der Waals surface area (Å²) >= 11 is 0. The zero-order chi connectivity index (χ0) is 44.8. The lowest BCUT2D eigenvalue weighted by atomic mass is 10.1. The number of unbranched alkanes of at least 4 members (excludes halogenated alkanes) is 21. The average Bonchev–Trinajstić information content (AvgIpc) is 3.25. The SMILES string of the molecule is CCCCC/C=C\C/C=C\C/C=C\CCCCCCCCC(=O)OC(COC(=O)CCCCCCCCCCC/C=C\C/C=C\CCCCC)COP(=O)(O)OCC(O)CO. The van der Waals surface area contributed by atoms with Crippen LogP contribution in [0, 0.1) is 0 Å². The molecule has 0 aromatic heterocycles. The third kappa shape index (κ3) is 45.5. The number of esters is 2. The summed E-state index contributed by atoms with van der Waals surface area (Å²) in [5, 5.41) is 18.4. The molecule has 0 aliphatic heterocycles. The third-order valence-electron chi connectivity index (χ3n) is 10.1. The van der Waals surface area contributed by atoms with Gasteiger partial charge in [0.15, 0.2) is 6.10 Å².